The lowest BCUT2D eigenvalue weighted by molar-refractivity contribution is -0.123. The second-order valence-corrected chi connectivity index (χ2v) is 21.2. The summed E-state index contributed by atoms with van der Waals surface area (Å²) in [5.41, 5.74) is 0. The van der Waals surface area contributed by atoms with Crippen molar-refractivity contribution in [1.82, 2.24) is 10.2 Å². The van der Waals surface area contributed by atoms with Gasteiger partial charge in [-0.05, 0) is 36.3 Å². The van der Waals surface area contributed by atoms with Crippen molar-refractivity contribution in [3.05, 3.63) is 0 Å². The van der Waals surface area contributed by atoms with E-state index in [0.717, 1.165) is 0 Å². The lowest BCUT2D eigenvalue weighted by atomic mass is 10.2. The maximum atomic E-state index is 12.4. The van der Waals surface area contributed by atoms with E-state index in [1.165, 1.54) is 0 Å². The first kappa shape index (κ1) is 25.5. The zero-order valence-corrected chi connectivity index (χ0v) is 22.5. The van der Waals surface area contributed by atoms with Crippen LogP contribution in [0, 0.1) is 0 Å². The van der Waals surface area contributed by atoms with Crippen LogP contribution in [0.1, 0.15) is 54.4 Å². The van der Waals surface area contributed by atoms with Crippen LogP contribution in [0.3, 0.4) is 0 Å². The van der Waals surface area contributed by atoms with Crippen LogP contribution in [-0.2, 0) is 18.4 Å². The summed E-state index contributed by atoms with van der Waals surface area (Å²) >= 11 is 0. The highest BCUT2D eigenvalue weighted by Gasteiger charge is 2.48. The lowest BCUT2D eigenvalue weighted by Gasteiger charge is -2.40. The number of hydrogen-bond donors (Lipinski definition) is 1. The number of hydrogen-bond acceptors (Lipinski definition) is 5. The molecule has 0 saturated carbocycles. The molecule has 0 aliphatic carbocycles. The Morgan fingerprint density at radius 3 is 2.10 bits per heavy atom. The molecule has 3 amide bonds. The molecule has 174 valence electrons. The van der Waals surface area contributed by atoms with Gasteiger partial charge in [-0.15, -0.1) is 0 Å². The van der Waals surface area contributed by atoms with Gasteiger partial charge in [0, 0.05) is 19.4 Å². The summed E-state index contributed by atoms with van der Waals surface area (Å²) in [6.45, 7) is 23.1. The van der Waals surface area contributed by atoms with Crippen molar-refractivity contribution in [1.29, 1.82) is 0 Å². The van der Waals surface area contributed by atoms with Crippen molar-refractivity contribution in [2.24, 2.45) is 0 Å². The van der Waals surface area contributed by atoms with Crippen molar-refractivity contribution in [2.45, 2.75) is 109 Å². The SMILES string of the molecule is CC(C)(C)[Si](C)(C)OCC1OC(N2CCC(=O)NC2=O)CC1O[Si](C)(C)C(C)(C)C. The Balaban J connectivity index is 2.17. The molecule has 3 unspecified atom stereocenters. The first-order chi connectivity index (χ1) is 13.4. The predicted molar refractivity (Wildman–Crippen MR) is 123 cm³/mol. The number of amides is 3. The van der Waals surface area contributed by atoms with Gasteiger partial charge in [0.05, 0.1) is 12.7 Å². The Bertz CT molecular complexity index is 655. The Labute approximate surface area is 184 Å². The minimum absolute atomic E-state index is 0.0742. The van der Waals surface area contributed by atoms with Gasteiger partial charge < -0.3 is 13.6 Å². The Morgan fingerprint density at radius 1 is 1.03 bits per heavy atom. The number of carbonyl (C=O) groups is 2. The van der Waals surface area contributed by atoms with Gasteiger partial charge in [-0.2, -0.15) is 0 Å². The van der Waals surface area contributed by atoms with Gasteiger partial charge in [0.1, 0.15) is 12.3 Å². The lowest BCUT2D eigenvalue weighted by Crippen LogP contribution is -2.53. The van der Waals surface area contributed by atoms with Gasteiger partial charge in [-0.3, -0.25) is 15.0 Å². The molecule has 0 spiro atoms. The summed E-state index contributed by atoms with van der Waals surface area (Å²) in [5.74, 6) is -0.235. The molecule has 3 atom stereocenters. The summed E-state index contributed by atoms with van der Waals surface area (Å²) in [7, 11) is -3.97. The van der Waals surface area contributed by atoms with E-state index in [-0.39, 0.29) is 34.2 Å². The molecule has 2 fully saturated rings. The molecule has 7 nitrogen and oxygen atoms in total. The highest BCUT2D eigenvalue weighted by Crippen LogP contribution is 2.41. The first-order valence-corrected chi connectivity index (χ1v) is 16.8. The van der Waals surface area contributed by atoms with E-state index in [2.05, 4.69) is 73.0 Å². The van der Waals surface area contributed by atoms with E-state index in [9.17, 15) is 9.59 Å². The van der Waals surface area contributed by atoms with Gasteiger partial charge in [-0.1, -0.05) is 41.5 Å². The number of imide groups is 1. The Hall–Kier alpha value is -0.746. The third kappa shape index (κ3) is 5.73. The minimum Gasteiger partial charge on any atom is -0.414 e. The average molecular weight is 459 g/mol. The minimum atomic E-state index is -2.03. The molecule has 2 rings (SSSR count). The number of carbonyl (C=O) groups excluding carboxylic acids is 2. The summed E-state index contributed by atoms with van der Waals surface area (Å²) < 4.78 is 19.5. The van der Waals surface area contributed by atoms with E-state index in [1.54, 1.807) is 4.90 Å². The number of urea groups is 1. The topological polar surface area (TPSA) is 77.1 Å². The van der Waals surface area contributed by atoms with Gasteiger partial charge in [0.15, 0.2) is 16.6 Å². The van der Waals surface area contributed by atoms with Crippen LogP contribution < -0.4 is 5.32 Å². The summed E-state index contributed by atoms with van der Waals surface area (Å²) in [6, 6.07) is -0.381. The van der Waals surface area contributed by atoms with E-state index in [1.807, 2.05) is 0 Å². The van der Waals surface area contributed by atoms with Crippen LogP contribution in [0.25, 0.3) is 0 Å². The van der Waals surface area contributed by atoms with E-state index in [4.69, 9.17) is 13.6 Å². The summed E-state index contributed by atoms with van der Waals surface area (Å²) in [4.78, 5) is 25.5. The van der Waals surface area contributed by atoms with Crippen molar-refractivity contribution in [3.8, 4) is 0 Å². The second-order valence-electron chi connectivity index (χ2n) is 11.6. The van der Waals surface area contributed by atoms with Crippen molar-refractivity contribution in [3.63, 3.8) is 0 Å². The second kappa shape index (κ2) is 8.65. The van der Waals surface area contributed by atoms with Gasteiger partial charge in [0.25, 0.3) is 0 Å². The predicted octanol–water partition coefficient (Wildman–Crippen LogP) is 4.46. The maximum Gasteiger partial charge on any atom is 0.326 e. The summed E-state index contributed by atoms with van der Waals surface area (Å²) in [5, 5.41) is 2.58. The van der Waals surface area contributed by atoms with E-state index in [0.29, 0.717) is 26.0 Å². The van der Waals surface area contributed by atoms with E-state index >= 15 is 0 Å². The van der Waals surface area contributed by atoms with Crippen LogP contribution in [0.5, 0.6) is 0 Å². The molecular formula is C21H42N2O5Si2. The first-order valence-electron chi connectivity index (χ1n) is 11.0. The average Bonchev–Trinajstić information content (AvgIpc) is 2.92. The fourth-order valence-corrected chi connectivity index (χ4v) is 5.45. The monoisotopic (exact) mass is 458 g/mol. The highest BCUT2D eigenvalue weighted by atomic mass is 28.4. The fourth-order valence-electron chi connectivity index (χ4n) is 3.08. The standard InChI is InChI=1S/C21H42N2O5Si2/c1-20(2,3)29(7,8)26-14-16-15(28-30(9,10)21(4,5)6)13-18(27-16)23-12-11-17(24)22-19(23)25/h15-16,18H,11-14H2,1-10H3,(H,22,24,25). The zero-order chi connectivity index (χ0) is 23.1. The molecule has 2 heterocycles. The molecule has 0 radical (unpaired) electrons. The van der Waals surface area contributed by atoms with E-state index < -0.39 is 22.9 Å². The van der Waals surface area contributed by atoms with Crippen LogP contribution >= 0.6 is 0 Å². The van der Waals surface area contributed by atoms with Gasteiger partial charge >= 0.3 is 6.03 Å². The molecule has 0 aromatic heterocycles. The molecule has 0 bridgehead atoms. The number of rotatable bonds is 6. The quantitative estimate of drug-likeness (QED) is 0.595. The molecule has 2 aliphatic heterocycles. The van der Waals surface area contributed by atoms with Gasteiger partial charge in [0.2, 0.25) is 5.91 Å². The molecule has 0 aromatic rings. The Kier molecular flexibility index (Phi) is 7.36. The Morgan fingerprint density at radius 2 is 1.60 bits per heavy atom. The van der Waals surface area contributed by atoms with Crippen LogP contribution in [0.15, 0.2) is 0 Å². The zero-order valence-electron chi connectivity index (χ0n) is 20.5. The number of ether oxygens (including phenoxy) is 1. The molecular weight excluding hydrogens is 416 g/mol. The smallest absolute Gasteiger partial charge is 0.326 e. The third-order valence-electron chi connectivity index (χ3n) is 7.28. The molecule has 9 heteroatoms. The van der Waals surface area contributed by atoms with Crippen LogP contribution in [-0.4, -0.2) is 65.1 Å². The van der Waals surface area contributed by atoms with Crippen molar-refractivity contribution in [2.75, 3.05) is 13.2 Å². The molecule has 1 N–H and O–H groups in total. The molecule has 30 heavy (non-hydrogen) atoms. The summed E-state index contributed by atoms with van der Waals surface area (Å²) in [6.07, 6.45) is 0.125. The van der Waals surface area contributed by atoms with Crippen molar-refractivity contribution < 1.29 is 23.2 Å². The largest absolute Gasteiger partial charge is 0.414 e. The molecule has 0 aromatic carbocycles. The molecule has 2 aliphatic rings. The highest BCUT2D eigenvalue weighted by molar-refractivity contribution is 6.74. The molecule has 2 saturated heterocycles. The maximum absolute atomic E-state index is 12.4. The fraction of sp³-hybridized carbons (Fsp3) is 0.905. The normalized spacial score (nSPS) is 26.9. The van der Waals surface area contributed by atoms with Crippen LogP contribution in [0.2, 0.25) is 36.3 Å². The third-order valence-corrected chi connectivity index (χ3v) is 16.3. The number of nitrogens with zero attached hydrogens (tertiary/aromatic N) is 1. The van der Waals surface area contributed by atoms with Gasteiger partial charge in [-0.25, -0.2) is 4.79 Å². The van der Waals surface area contributed by atoms with Crippen molar-refractivity contribution >= 4 is 28.6 Å². The number of nitrogens with one attached hydrogen (secondary N) is 1. The van der Waals surface area contributed by atoms with Crippen LogP contribution in [0.4, 0.5) is 4.79 Å².